The molecular weight excluding hydrogens is 243 g/mol. The number of thiol groups is 2. The Kier molecular flexibility index (Phi) is 4.55. The van der Waals surface area contributed by atoms with Crippen LogP contribution in [0.15, 0.2) is 30.3 Å². The Bertz CT molecular complexity index is 285. The van der Waals surface area contributed by atoms with Gasteiger partial charge in [0.25, 0.3) is 0 Å². The quantitative estimate of drug-likeness (QED) is 0.474. The van der Waals surface area contributed by atoms with Gasteiger partial charge in [0.2, 0.25) is 0 Å². The molecule has 1 aromatic rings. The minimum absolute atomic E-state index is 0.862. The number of benzene rings is 1. The summed E-state index contributed by atoms with van der Waals surface area (Å²) in [5.74, 6) is 0. The highest BCUT2D eigenvalue weighted by atomic mass is 33.5. The van der Waals surface area contributed by atoms with Crippen molar-refractivity contribution < 1.29 is 0 Å². The molecule has 0 heterocycles. The second-order valence-corrected chi connectivity index (χ2v) is 14.2. The summed E-state index contributed by atoms with van der Waals surface area (Å²) in [5, 5.41) is 0. The predicted octanol–water partition coefficient (Wildman–Crippen LogP) is 4.00. The smallest absolute Gasteiger partial charge is 0.0687 e. The zero-order valence-corrected chi connectivity index (χ0v) is 10.6. The van der Waals surface area contributed by atoms with Crippen LogP contribution in [0.3, 0.4) is 0 Å². The van der Waals surface area contributed by atoms with Gasteiger partial charge in [0.05, 0.1) is 4.44 Å². The lowest BCUT2D eigenvalue weighted by molar-refractivity contribution is 1.42. The van der Waals surface area contributed by atoms with Crippen molar-refractivity contribution in [2.45, 2.75) is 6.16 Å². The molecule has 12 heavy (non-hydrogen) atoms. The molecule has 0 saturated carbocycles. The zero-order valence-electron chi connectivity index (χ0n) is 6.25. The van der Waals surface area contributed by atoms with Gasteiger partial charge in [-0.2, -0.15) is 0 Å². The molecule has 0 N–H and O–H groups in total. The van der Waals surface area contributed by atoms with Crippen molar-refractivity contribution in [1.82, 2.24) is 0 Å². The molecule has 1 atom stereocenters. The highest BCUT2D eigenvalue weighted by molar-refractivity contribution is 9.13. The van der Waals surface area contributed by atoms with Gasteiger partial charge in [-0.1, -0.05) is 42.1 Å². The molecule has 0 aliphatic heterocycles. The highest BCUT2D eigenvalue weighted by Crippen LogP contribution is 2.66. The van der Waals surface area contributed by atoms with Crippen LogP contribution in [0, 0.1) is 0 Å². The topological polar surface area (TPSA) is 0 Å². The van der Waals surface area contributed by atoms with E-state index in [0.717, 1.165) is 6.16 Å². The Hall–Kier alpha value is 0.920. The Labute approximate surface area is 92.2 Å². The van der Waals surface area contributed by atoms with Gasteiger partial charge < -0.3 is 0 Å². The average Bonchev–Trinajstić information content (AvgIpc) is 2.06. The van der Waals surface area contributed by atoms with E-state index in [4.69, 9.17) is 11.8 Å². The van der Waals surface area contributed by atoms with E-state index in [1.165, 1.54) is 16.0 Å². The number of rotatable bonds is 3. The van der Waals surface area contributed by atoms with Gasteiger partial charge in [0, 0.05) is 6.16 Å². The minimum atomic E-state index is -1.59. The molecule has 0 aromatic heterocycles. The molecule has 5 heteroatoms. The van der Waals surface area contributed by atoms with Gasteiger partial charge >= 0.3 is 0 Å². The molecule has 0 amide bonds. The van der Waals surface area contributed by atoms with E-state index in [-0.39, 0.29) is 0 Å². The van der Waals surface area contributed by atoms with E-state index >= 15 is 0 Å². The molecule has 0 nitrogen and oxygen atoms in total. The maximum absolute atomic E-state index is 5.29. The first-order chi connectivity index (χ1) is 5.64. The summed E-state index contributed by atoms with van der Waals surface area (Å²) in [5.41, 5.74) is 1.25. The third-order valence-electron chi connectivity index (χ3n) is 1.35. The largest absolute Gasteiger partial charge is 0.130 e. The second kappa shape index (κ2) is 4.97. The van der Waals surface area contributed by atoms with Crippen LogP contribution in [0.4, 0.5) is 0 Å². The standard InChI is InChI=1S/C7H9PS4/c9-8(10,12-11)6-7-4-2-1-3-5-7/h1-5,11H,6H2,(H,9,10). The lowest BCUT2D eigenvalue weighted by Gasteiger charge is -2.10. The van der Waals surface area contributed by atoms with E-state index in [1.807, 2.05) is 18.2 Å². The minimum Gasteiger partial charge on any atom is -0.130 e. The fraction of sp³-hybridized carbons (Fsp3) is 0.143. The molecule has 1 aromatic carbocycles. The SMILES string of the molecule is S=P(S)(Cc1ccccc1)SS. The van der Waals surface area contributed by atoms with Crippen molar-refractivity contribution in [2.75, 3.05) is 0 Å². The summed E-state index contributed by atoms with van der Waals surface area (Å²) in [6.45, 7) is 0. The van der Waals surface area contributed by atoms with Gasteiger partial charge in [-0.15, -0.1) is 23.9 Å². The van der Waals surface area contributed by atoms with E-state index in [0.29, 0.717) is 0 Å². The molecule has 0 aliphatic rings. The van der Waals surface area contributed by atoms with Crippen molar-refractivity contribution in [1.29, 1.82) is 0 Å². The zero-order chi connectivity index (χ0) is 9.03. The molecular formula is C7H9PS4. The van der Waals surface area contributed by atoms with Crippen LogP contribution in [0.2, 0.25) is 0 Å². The van der Waals surface area contributed by atoms with E-state index in [9.17, 15) is 0 Å². The van der Waals surface area contributed by atoms with Crippen LogP contribution < -0.4 is 0 Å². The van der Waals surface area contributed by atoms with Crippen molar-refractivity contribution in [3.8, 4) is 0 Å². The fourth-order valence-electron chi connectivity index (χ4n) is 0.843. The lowest BCUT2D eigenvalue weighted by Crippen LogP contribution is -1.78. The molecule has 1 unspecified atom stereocenters. The van der Waals surface area contributed by atoms with Gasteiger partial charge in [0.1, 0.15) is 0 Å². The molecule has 1 rings (SSSR count). The van der Waals surface area contributed by atoms with Crippen molar-refractivity contribution in [2.24, 2.45) is 0 Å². The normalized spacial score (nSPS) is 15.5. The van der Waals surface area contributed by atoms with E-state index in [1.54, 1.807) is 0 Å². The molecule has 0 spiro atoms. The molecule has 0 fully saturated rings. The van der Waals surface area contributed by atoms with Crippen LogP contribution in [-0.2, 0) is 18.0 Å². The molecule has 0 bridgehead atoms. The van der Waals surface area contributed by atoms with Gasteiger partial charge in [-0.05, 0) is 16.0 Å². The third kappa shape index (κ3) is 3.75. The first kappa shape index (κ1) is 11.0. The van der Waals surface area contributed by atoms with Gasteiger partial charge in [-0.25, -0.2) is 0 Å². The summed E-state index contributed by atoms with van der Waals surface area (Å²) < 4.78 is -1.59. The highest BCUT2D eigenvalue weighted by Gasteiger charge is 2.10. The Morgan fingerprint density at radius 3 is 2.42 bits per heavy atom. The Morgan fingerprint density at radius 1 is 1.33 bits per heavy atom. The maximum Gasteiger partial charge on any atom is 0.0687 e. The first-order valence-electron chi connectivity index (χ1n) is 3.33. The molecule has 66 valence electrons. The molecule has 0 radical (unpaired) electrons. The average molecular weight is 252 g/mol. The van der Waals surface area contributed by atoms with E-state index < -0.39 is 4.44 Å². The second-order valence-electron chi connectivity index (χ2n) is 2.36. The molecule has 0 saturated heterocycles. The number of hydrogen-bond donors (Lipinski definition) is 2. The first-order valence-corrected chi connectivity index (χ1v) is 9.94. The summed E-state index contributed by atoms with van der Waals surface area (Å²) in [6, 6.07) is 10.2. The molecule has 0 aliphatic carbocycles. The summed E-state index contributed by atoms with van der Waals surface area (Å²) in [4.78, 5) is 0. The maximum atomic E-state index is 5.29. The van der Waals surface area contributed by atoms with Crippen molar-refractivity contribution in [3.05, 3.63) is 35.9 Å². The van der Waals surface area contributed by atoms with Crippen LogP contribution in [-0.4, -0.2) is 0 Å². The third-order valence-corrected chi connectivity index (χ3v) is 10.4. The Morgan fingerprint density at radius 2 is 1.92 bits per heavy atom. The summed E-state index contributed by atoms with van der Waals surface area (Å²) in [7, 11) is 1.41. The predicted molar refractivity (Wildman–Crippen MR) is 70.0 cm³/mol. The number of hydrogen-bond acceptors (Lipinski definition) is 3. The van der Waals surface area contributed by atoms with Gasteiger partial charge in [-0.3, -0.25) is 0 Å². The fourth-order valence-corrected chi connectivity index (χ4v) is 3.65. The van der Waals surface area contributed by atoms with Crippen LogP contribution >= 0.6 is 38.8 Å². The van der Waals surface area contributed by atoms with Crippen LogP contribution in [0.25, 0.3) is 0 Å². The lowest BCUT2D eigenvalue weighted by atomic mass is 10.2. The van der Waals surface area contributed by atoms with Crippen molar-refractivity contribution >= 4 is 50.6 Å². The van der Waals surface area contributed by atoms with Crippen molar-refractivity contribution in [3.63, 3.8) is 0 Å². The Balaban J connectivity index is 2.71. The summed E-state index contributed by atoms with van der Waals surface area (Å²) >= 11 is 13.8. The van der Waals surface area contributed by atoms with Crippen LogP contribution in [0.1, 0.15) is 5.56 Å². The van der Waals surface area contributed by atoms with Crippen LogP contribution in [0.5, 0.6) is 0 Å². The van der Waals surface area contributed by atoms with Gasteiger partial charge in [0.15, 0.2) is 0 Å². The summed E-state index contributed by atoms with van der Waals surface area (Å²) in [6.07, 6.45) is 0.862. The monoisotopic (exact) mass is 252 g/mol. The van der Waals surface area contributed by atoms with E-state index in [2.05, 4.69) is 36.0 Å².